The van der Waals surface area contributed by atoms with Crippen molar-refractivity contribution < 1.29 is 19.2 Å². The molecule has 0 bridgehead atoms. The number of hydrogen-bond donors (Lipinski definition) is 2. The molecule has 3 N–H and O–H groups in total. The summed E-state index contributed by atoms with van der Waals surface area (Å²) in [4.78, 5) is 34.6. The Bertz CT molecular complexity index is 879. The van der Waals surface area contributed by atoms with Crippen molar-refractivity contribution in [1.29, 1.82) is 0 Å². The number of carbonyl (C=O) groups excluding carboxylic acids is 2. The summed E-state index contributed by atoms with van der Waals surface area (Å²) in [5, 5.41) is 13.5. The van der Waals surface area contributed by atoms with E-state index in [4.69, 9.17) is 10.5 Å². The number of nitro benzene ring substituents is 1. The number of non-ortho nitro benzene ring substituents is 1. The van der Waals surface area contributed by atoms with E-state index in [9.17, 15) is 19.7 Å². The first-order valence-corrected chi connectivity index (χ1v) is 7.82. The number of nitrogen functional groups attached to an aromatic ring is 1. The number of nitrogens with two attached hydrogens (primary N) is 1. The molecule has 26 heavy (non-hydrogen) atoms. The summed E-state index contributed by atoms with van der Waals surface area (Å²) in [5.41, 5.74) is 7.79. The second-order valence-corrected chi connectivity index (χ2v) is 5.88. The van der Waals surface area contributed by atoms with Crippen LogP contribution in [0.1, 0.15) is 28.4 Å². The van der Waals surface area contributed by atoms with Gasteiger partial charge >= 0.3 is 5.97 Å². The van der Waals surface area contributed by atoms with Gasteiger partial charge in [-0.25, -0.2) is 4.79 Å². The largest absolute Gasteiger partial charge is 0.449 e. The maximum Gasteiger partial charge on any atom is 0.341 e. The Balaban J connectivity index is 2.10. The molecule has 0 unspecified atom stereocenters. The summed E-state index contributed by atoms with van der Waals surface area (Å²) < 4.78 is 5.10. The van der Waals surface area contributed by atoms with E-state index >= 15 is 0 Å². The second kappa shape index (κ2) is 7.64. The highest BCUT2D eigenvalue weighted by Crippen LogP contribution is 2.21. The van der Waals surface area contributed by atoms with Crippen LogP contribution in [0.5, 0.6) is 0 Å². The number of nitro groups is 1. The molecule has 1 atom stereocenters. The number of benzene rings is 2. The monoisotopic (exact) mass is 357 g/mol. The molecule has 0 fully saturated rings. The van der Waals surface area contributed by atoms with Gasteiger partial charge in [-0.05, 0) is 38.5 Å². The van der Waals surface area contributed by atoms with Crippen LogP contribution in [0, 0.1) is 24.0 Å². The fourth-order valence-corrected chi connectivity index (χ4v) is 2.30. The SMILES string of the molecule is Cc1ccc(NC(=O)[C@H](C)OC(=O)c2cc([N+](=O)[O-])ccc2N)c(C)c1. The van der Waals surface area contributed by atoms with Crippen LogP contribution >= 0.6 is 0 Å². The third-order valence-corrected chi connectivity index (χ3v) is 3.76. The van der Waals surface area contributed by atoms with Crippen molar-refractivity contribution in [3.05, 3.63) is 63.2 Å². The lowest BCUT2D eigenvalue weighted by atomic mass is 10.1. The van der Waals surface area contributed by atoms with E-state index < -0.39 is 22.9 Å². The summed E-state index contributed by atoms with van der Waals surface area (Å²) in [6.07, 6.45) is -1.11. The molecular weight excluding hydrogens is 338 g/mol. The highest BCUT2D eigenvalue weighted by molar-refractivity contribution is 6.00. The molecule has 8 nitrogen and oxygen atoms in total. The molecule has 1 amide bonds. The molecule has 0 spiro atoms. The van der Waals surface area contributed by atoms with Gasteiger partial charge < -0.3 is 15.8 Å². The Labute approximate surface area is 150 Å². The molecule has 2 aromatic rings. The number of esters is 1. The molecule has 8 heteroatoms. The van der Waals surface area contributed by atoms with E-state index in [0.717, 1.165) is 17.2 Å². The van der Waals surface area contributed by atoms with Gasteiger partial charge in [-0.1, -0.05) is 17.7 Å². The van der Waals surface area contributed by atoms with Crippen molar-refractivity contribution in [1.82, 2.24) is 0 Å². The van der Waals surface area contributed by atoms with Crippen molar-refractivity contribution >= 4 is 28.9 Å². The van der Waals surface area contributed by atoms with Gasteiger partial charge in [0.25, 0.3) is 11.6 Å². The average molecular weight is 357 g/mol. The Morgan fingerprint density at radius 3 is 2.50 bits per heavy atom. The molecule has 0 saturated heterocycles. The molecule has 2 rings (SSSR count). The predicted octanol–water partition coefficient (Wildman–Crippen LogP) is 2.98. The van der Waals surface area contributed by atoms with Gasteiger partial charge in [0.05, 0.1) is 10.5 Å². The number of hydrogen-bond acceptors (Lipinski definition) is 6. The van der Waals surface area contributed by atoms with Crippen LogP contribution in [0.3, 0.4) is 0 Å². The van der Waals surface area contributed by atoms with Crippen LogP contribution in [-0.4, -0.2) is 22.9 Å². The standard InChI is InChI=1S/C18H19N3O5/c1-10-4-7-16(11(2)8-10)20-17(22)12(3)26-18(23)14-9-13(21(24)25)5-6-15(14)19/h4-9,12H,19H2,1-3H3,(H,20,22)/t12-/m0/s1. The van der Waals surface area contributed by atoms with Gasteiger partial charge in [-0.3, -0.25) is 14.9 Å². The zero-order valence-corrected chi connectivity index (χ0v) is 14.6. The topological polar surface area (TPSA) is 125 Å². The van der Waals surface area contributed by atoms with Crippen LogP contribution < -0.4 is 11.1 Å². The summed E-state index contributed by atoms with van der Waals surface area (Å²) in [6.45, 7) is 5.19. The normalized spacial score (nSPS) is 11.5. The molecule has 0 aliphatic heterocycles. The number of amides is 1. The highest BCUT2D eigenvalue weighted by Gasteiger charge is 2.22. The third kappa shape index (κ3) is 4.35. The number of rotatable bonds is 5. The second-order valence-electron chi connectivity index (χ2n) is 5.88. The maximum absolute atomic E-state index is 12.2. The van der Waals surface area contributed by atoms with Gasteiger partial charge in [0, 0.05) is 23.5 Å². The number of carbonyl (C=O) groups is 2. The summed E-state index contributed by atoms with van der Waals surface area (Å²) >= 11 is 0. The van der Waals surface area contributed by atoms with E-state index in [1.165, 1.54) is 19.1 Å². The maximum atomic E-state index is 12.2. The Kier molecular flexibility index (Phi) is 5.56. The van der Waals surface area contributed by atoms with E-state index in [1.54, 1.807) is 6.07 Å². The number of nitrogens with one attached hydrogen (secondary N) is 1. The van der Waals surface area contributed by atoms with Gasteiger partial charge in [-0.2, -0.15) is 0 Å². The zero-order chi connectivity index (χ0) is 19.4. The van der Waals surface area contributed by atoms with Crippen molar-refractivity contribution in [2.24, 2.45) is 0 Å². The number of aryl methyl sites for hydroxylation is 2. The molecule has 2 aromatic carbocycles. The van der Waals surface area contributed by atoms with Crippen LogP contribution in [0.4, 0.5) is 17.1 Å². The first kappa shape index (κ1) is 18.9. The number of ether oxygens (including phenoxy) is 1. The molecule has 0 radical (unpaired) electrons. The van der Waals surface area contributed by atoms with E-state index in [1.807, 2.05) is 26.0 Å². The van der Waals surface area contributed by atoms with E-state index in [-0.39, 0.29) is 16.9 Å². The quantitative estimate of drug-likeness (QED) is 0.367. The average Bonchev–Trinajstić information content (AvgIpc) is 2.57. The zero-order valence-electron chi connectivity index (χ0n) is 14.6. The lowest BCUT2D eigenvalue weighted by Gasteiger charge is -2.15. The van der Waals surface area contributed by atoms with Crippen molar-refractivity contribution in [3.8, 4) is 0 Å². The first-order chi connectivity index (χ1) is 12.2. The third-order valence-electron chi connectivity index (χ3n) is 3.76. The highest BCUT2D eigenvalue weighted by atomic mass is 16.6. The Hall–Kier alpha value is -3.42. The van der Waals surface area contributed by atoms with Crippen LogP contribution in [0.2, 0.25) is 0 Å². The lowest BCUT2D eigenvalue weighted by Crippen LogP contribution is -2.30. The van der Waals surface area contributed by atoms with E-state index in [2.05, 4.69) is 5.32 Å². The number of nitrogens with zero attached hydrogens (tertiary/aromatic N) is 1. The fourth-order valence-electron chi connectivity index (χ4n) is 2.30. The van der Waals surface area contributed by atoms with Crippen molar-refractivity contribution in [3.63, 3.8) is 0 Å². The van der Waals surface area contributed by atoms with Gasteiger partial charge in [-0.15, -0.1) is 0 Å². The smallest absolute Gasteiger partial charge is 0.341 e. The first-order valence-electron chi connectivity index (χ1n) is 7.82. The Morgan fingerprint density at radius 2 is 1.88 bits per heavy atom. The predicted molar refractivity (Wildman–Crippen MR) is 96.9 cm³/mol. The molecule has 0 aliphatic rings. The molecule has 0 heterocycles. The minimum absolute atomic E-state index is 0.0302. The minimum Gasteiger partial charge on any atom is -0.449 e. The van der Waals surface area contributed by atoms with Gasteiger partial charge in [0.2, 0.25) is 0 Å². The molecule has 136 valence electrons. The van der Waals surface area contributed by atoms with Crippen molar-refractivity contribution in [2.75, 3.05) is 11.1 Å². The van der Waals surface area contributed by atoms with E-state index in [0.29, 0.717) is 5.69 Å². The van der Waals surface area contributed by atoms with Crippen LogP contribution in [0.25, 0.3) is 0 Å². The summed E-state index contributed by atoms with van der Waals surface area (Å²) in [7, 11) is 0. The molecule has 0 aromatic heterocycles. The molecule has 0 aliphatic carbocycles. The van der Waals surface area contributed by atoms with Gasteiger partial charge in [0.15, 0.2) is 6.10 Å². The molecular formula is C18H19N3O5. The minimum atomic E-state index is -1.11. The lowest BCUT2D eigenvalue weighted by molar-refractivity contribution is -0.384. The summed E-state index contributed by atoms with van der Waals surface area (Å²) in [5.74, 6) is -1.43. The Morgan fingerprint density at radius 1 is 1.19 bits per heavy atom. The summed E-state index contributed by atoms with van der Waals surface area (Å²) in [6, 6.07) is 8.97. The van der Waals surface area contributed by atoms with Crippen LogP contribution in [-0.2, 0) is 9.53 Å². The fraction of sp³-hybridized carbons (Fsp3) is 0.222. The van der Waals surface area contributed by atoms with Gasteiger partial charge in [0.1, 0.15) is 0 Å². The van der Waals surface area contributed by atoms with Crippen molar-refractivity contribution in [2.45, 2.75) is 26.9 Å². The molecule has 0 saturated carbocycles. The number of anilines is 2. The van der Waals surface area contributed by atoms with Crippen LogP contribution in [0.15, 0.2) is 36.4 Å².